The Kier molecular flexibility index (Phi) is 5.86. The summed E-state index contributed by atoms with van der Waals surface area (Å²) >= 11 is 0. The Balaban J connectivity index is 1.79. The molecular weight excluding hydrogens is 439 g/mol. The molecule has 1 amide bonds. The summed E-state index contributed by atoms with van der Waals surface area (Å²) in [6.07, 6.45) is -0.503. The van der Waals surface area contributed by atoms with Crippen molar-refractivity contribution in [2.45, 2.75) is 12.7 Å². The Morgan fingerprint density at radius 2 is 1.88 bits per heavy atom. The zero-order valence-corrected chi connectivity index (χ0v) is 17.6. The number of nitrogens with zero attached hydrogens (tertiary/aromatic N) is 4. The summed E-state index contributed by atoms with van der Waals surface area (Å²) in [5.41, 5.74) is -0.299. The van der Waals surface area contributed by atoms with E-state index in [1.54, 1.807) is 36.7 Å². The van der Waals surface area contributed by atoms with E-state index in [1.165, 1.54) is 20.3 Å². The molecule has 0 saturated carbocycles. The highest BCUT2D eigenvalue weighted by Gasteiger charge is 2.36. The molecule has 0 aliphatic rings. The van der Waals surface area contributed by atoms with E-state index in [4.69, 9.17) is 9.47 Å². The molecule has 0 saturated heterocycles. The van der Waals surface area contributed by atoms with E-state index < -0.39 is 17.8 Å². The van der Waals surface area contributed by atoms with Crippen LogP contribution in [0.15, 0.2) is 55.0 Å². The van der Waals surface area contributed by atoms with Crippen LogP contribution in [0.4, 0.5) is 13.2 Å². The molecule has 0 radical (unpaired) electrons. The van der Waals surface area contributed by atoms with Crippen LogP contribution >= 0.6 is 0 Å². The zero-order valence-electron chi connectivity index (χ0n) is 17.6. The Hall–Kier alpha value is -4.15. The number of halogens is 3. The first-order valence-corrected chi connectivity index (χ1v) is 9.67. The van der Waals surface area contributed by atoms with Crippen LogP contribution in [0.1, 0.15) is 21.6 Å². The summed E-state index contributed by atoms with van der Waals surface area (Å²) < 4.78 is 52.5. The minimum atomic E-state index is -4.73. The van der Waals surface area contributed by atoms with E-state index in [2.05, 4.69) is 20.4 Å². The smallest absolute Gasteiger partial charge is 0.433 e. The summed E-state index contributed by atoms with van der Waals surface area (Å²) in [5.74, 6) is 0.130. The number of benzene rings is 1. The van der Waals surface area contributed by atoms with Crippen LogP contribution in [0.25, 0.3) is 16.9 Å². The fraction of sp³-hybridized carbons (Fsp3) is 0.182. The molecule has 0 aliphatic carbocycles. The SMILES string of the molecule is COc1ccc(-c2cc(C(F)(F)F)n3ncc(C(=O)NCc4cccnc4)c3n2)cc1OC. The summed E-state index contributed by atoms with van der Waals surface area (Å²) in [6.45, 7) is 0.144. The van der Waals surface area contributed by atoms with E-state index in [1.807, 2.05) is 0 Å². The maximum absolute atomic E-state index is 13.8. The second kappa shape index (κ2) is 8.77. The molecule has 4 rings (SSSR count). The molecule has 1 aromatic carbocycles. The number of hydrogen-bond donors (Lipinski definition) is 1. The standard InChI is InChI=1S/C22H18F3N5O3/c1-32-17-6-5-14(8-18(17)33-2)16-9-19(22(23,24)25)30-20(29-16)15(12-28-30)21(31)27-11-13-4-3-7-26-10-13/h3-10,12H,11H2,1-2H3,(H,27,31). The summed E-state index contributed by atoms with van der Waals surface area (Å²) in [7, 11) is 2.87. The average molecular weight is 457 g/mol. The lowest BCUT2D eigenvalue weighted by atomic mass is 10.1. The Bertz CT molecular complexity index is 1310. The van der Waals surface area contributed by atoms with Crippen molar-refractivity contribution < 1.29 is 27.4 Å². The molecule has 0 fully saturated rings. The fourth-order valence-corrected chi connectivity index (χ4v) is 3.25. The van der Waals surface area contributed by atoms with Gasteiger partial charge in [0.25, 0.3) is 5.91 Å². The highest BCUT2D eigenvalue weighted by molar-refractivity contribution is 5.99. The van der Waals surface area contributed by atoms with Gasteiger partial charge in [0.15, 0.2) is 22.8 Å². The molecule has 4 aromatic rings. The molecule has 0 spiro atoms. The molecule has 0 unspecified atom stereocenters. The van der Waals surface area contributed by atoms with Gasteiger partial charge in [-0.2, -0.15) is 18.3 Å². The number of carbonyl (C=O) groups excluding carboxylic acids is 1. The Morgan fingerprint density at radius 1 is 1.09 bits per heavy atom. The van der Waals surface area contributed by atoms with Gasteiger partial charge in [-0.3, -0.25) is 9.78 Å². The number of alkyl halides is 3. The van der Waals surface area contributed by atoms with E-state index >= 15 is 0 Å². The normalized spacial score (nSPS) is 11.4. The predicted molar refractivity (Wildman–Crippen MR) is 112 cm³/mol. The van der Waals surface area contributed by atoms with Crippen LogP contribution in [0, 0.1) is 0 Å². The summed E-state index contributed by atoms with van der Waals surface area (Å²) in [4.78, 5) is 21.0. The number of nitrogens with one attached hydrogen (secondary N) is 1. The van der Waals surface area contributed by atoms with Crippen molar-refractivity contribution >= 4 is 11.6 Å². The minimum Gasteiger partial charge on any atom is -0.493 e. The van der Waals surface area contributed by atoms with Gasteiger partial charge in [0.05, 0.1) is 26.1 Å². The molecule has 8 nitrogen and oxygen atoms in total. The van der Waals surface area contributed by atoms with Crippen LogP contribution in [-0.2, 0) is 12.7 Å². The van der Waals surface area contributed by atoms with Crippen LogP contribution < -0.4 is 14.8 Å². The number of amides is 1. The van der Waals surface area contributed by atoms with Crippen molar-refractivity contribution in [1.82, 2.24) is 24.9 Å². The van der Waals surface area contributed by atoms with Gasteiger partial charge in [-0.1, -0.05) is 6.07 Å². The average Bonchev–Trinajstić information content (AvgIpc) is 3.25. The van der Waals surface area contributed by atoms with Crippen LogP contribution in [0.5, 0.6) is 11.5 Å². The molecule has 0 bridgehead atoms. The predicted octanol–water partition coefficient (Wildman–Crippen LogP) is 3.76. The van der Waals surface area contributed by atoms with Gasteiger partial charge in [-0.15, -0.1) is 0 Å². The third kappa shape index (κ3) is 4.43. The first-order valence-electron chi connectivity index (χ1n) is 9.67. The largest absolute Gasteiger partial charge is 0.493 e. The van der Waals surface area contributed by atoms with E-state index in [9.17, 15) is 18.0 Å². The van der Waals surface area contributed by atoms with Gasteiger partial charge in [0.1, 0.15) is 5.56 Å². The molecule has 33 heavy (non-hydrogen) atoms. The molecule has 11 heteroatoms. The van der Waals surface area contributed by atoms with E-state index in [0.717, 1.165) is 17.8 Å². The third-order valence-electron chi connectivity index (χ3n) is 4.86. The molecule has 0 atom stereocenters. The van der Waals surface area contributed by atoms with E-state index in [0.29, 0.717) is 21.6 Å². The number of pyridine rings is 1. The lowest BCUT2D eigenvalue weighted by Gasteiger charge is -2.13. The van der Waals surface area contributed by atoms with Crippen molar-refractivity contribution in [2.24, 2.45) is 0 Å². The fourth-order valence-electron chi connectivity index (χ4n) is 3.25. The van der Waals surface area contributed by atoms with Gasteiger partial charge in [0.2, 0.25) is 0 Å². The zero-order chi connectivity index (χ0) is 23.6. The topological polar surface area (TPSA) is 90.6 Å². The number of rotatable bonds is 6. The third-order valence-corrected chi connectivity index (χ3v) is 4.86. The summed E-state index contributed by atoms with van der Waals surface area (Å²) in [5, 5.41) is 6.43. The molecule has 170 valence electrons. The van der Waals surface area contributed by atoms with Gasteiger partial charge >= 0.3 is 6.18 Å². The van der Waals surface area contributed by atoms with Gasteiger partial charge in [0, 0.05) is 24.5 Å². The second-order valence-corrected chi connectivity index (χ2v) is 6.93. The Labute approximate surface area is 186 Å². The molecule has 1 N–H and O–H groups in total. The van der Waals surface area contributed by atoms with Crippen molar-refractivity contribution in [1.29, 1.82) is 0 Å². The van der Waals surface area contributed by atoms with Gasteiger partial charge in [-0.25, -0.2) is 9.50 Å². The molecule has 0 aliphatic heterocycles. The first kappa shape index (κ1) is 22.1. The maximum Gasteiger partial charge on any atom is 0.433 e. The second-order valence-electron chi connectivity index (χ2n) is 6.93. The quantitative estimate of drug-likeness (QED) is 0.474. The monoisotopic (exact) mass is 457 g/mol. The lowest BCUT2D eigenvalue weighted by Crippen LogP contribution is -2.23. The van der Waals surface area contributed by atoms with E-state index in [-0.39, 0.29) is 23.4 Å². The van der Waals surface area contributed by atoms with Crippen molar-refractivity contribution in [2.75, 3.05) is 14.2 Å². The Morgan fingerprint density at radius 3 is 2.55 bits per heavy atom. The number of hydrogen-bond acceptors (Lipinski definition) is 6. The minimum absolute atomic E-state index is 0.00223. The lowest BCUT2D eigenvalue weighted by molar-refractivity contribution is -0.142. The summed E-state index contributed by atoms with van der Waals surface area (Å²) in [6, 6.07) is 8.97. The molecule has 3 aromatic heterocycles. The number of carbonyl (C=O) groups is 1. The van der Waals surface area contributed by atoms with Crippen LogP contribution in [0.2, 0.25) is 0 Å². The highest BCUT2D eigenvalue weighted by Crippen LogP contribution is 2.35. The van der Waals surface area contributed by atoms with Crippen molar-refractivity contribution in [3.63, 3.8) is 0 Å². The maximum atomic E-state index is 13.8. The van der Waals surface area contributed by atoms with Gasteiger partial charge < -0.3 is 14.8 Å². The molecular formula is C22H18F3N5O3. The number of aromatic nitrogens is 4. The van der Waals surface area contributed by atoms with Crippen molar-refractivity contribution in [3.8, 4) is 22.8 Å². The number of methoxy groups -OCH3 is 2. The molecule has 3 heterocycles. The number of fused-ring (bicyclic) bond motifs is 1. The highest BCUT2D eigenvalue weighted by atomic mass is 19.4. The van der Waals surface area contributed by atoms with Crippen LogP contribution in [-0.4, -0.2) is 39.7 Å². The van der Waals surface area contributed by atoms with Crippen molar-refractivity contribution in [3.05, 3.63) is 71.8 Å². The first-order chi connectivity index (χ1) is 15.8. The van der Waals surface area contributed by atoms with Gasteiger partial charge in [-0.05, 0) is 35.9 Å². The number of ether oxygens (including phenoxy) is 2. The van der Waals surface area contributed by atoms with Crippen LogP contribution in [0.3, 0.4) is 0 Å².